The average molecular weight is 855 g/mol. The minimum atomic E-state index is -0.818. The smallest absolute Gasteiger partial charge is 0.306 e. The van der Waals surface area contributed by atoms with Gasteiger partial charge in [0.25, 0.3) is 0 Å². The average Bonchev–Trinajstić information content (AvgIpc) is 3.27. The zero-order valence-corrected chi connectivity index (χ0v) is 39.3. The molecule has 0 spiro atoms. The summed E-state index contributed by atoms with van der Waals surface area (Å²) in [6.07, 6.45) is 68.5. The number of hydrogen-bond acceptors (Lipinski definition) is 6. The molecule has 0 aliphatic carbocycles. The predicted molar refractivity (Wildman–Crippen MR) is 265 cm³/mol. The van der Waals surface area contributed by atoms with Crippen LogP contribution in [0.5, 0.6) is 0 Å². The summed E-state index contributed by atoms with van der Waals surface area (Å²) in [5.74, 6) is -1.00. The molecule has 0 fully saturated rings. The first-order valence-electron chi connectivity index (χ1n) is 24.3. The Bertz CT molecular complexity index is 1400. The zero-order valence-electron chi connectivity index (χ0n) is 39.3. The Hall–Kier alpha value is -4.45. The molecule has 0 saturated heterocycles. The van der Waals surface area contributed by atoms with Gasteiger partial charge < -0.3 is 14.2 Å². The van der Waals surface area contributed by atoms with Gasteiger partial charge in [-0.15, -0.1) is 0 Å². The monoisotopic (exact) mass is 855 g/mol. The Balaban J connectivity index is 4.55. The Morgan fingerprint density at radius 2 is 0.677 bits per heavy atom. The summed E-state index contributed by atoms with van der Waals surface area (Å²) in [5, 5.41) is 0. The fourth-order valence-corrected chi connectivity index (χ4v) is 5.94. The van der Waals surface area contributed by atoms with E-state index in [0.717, 1.165) is 103 Å². The lowest BCUT2D eigenvalue weighted by molar-refractivity contribution is -0.167. The number of ether oxygens (including phenoxy) is 3. The third-order valence-electron chi connectivity index (χ3n) is 9.60. The summed E-state index contributed by atoms with van der Waals surface area (Å²) in [5.41, 5.74) is 0. The standard InChI is InChI=1S/C56H86O6/c1-4-7-10-13-16-19-22-24-26-27-28-30-31-34-37-40-43-46-49-55(58)61-52-53(51-60-54(57)48-45-42-39-36-33-21-18-15-12-9-6-3)62-56(59)50-47-44-41-38-35-32-29-25-23-20-17-14-11-8-5-2/h8,10-11,13-20,22-30,32,35,53H,4-7,9,12,21,31,33-34,36-52H2,1-3H3/b11-8-,13-10-,17-14-,18-15-,19-16-,23-20-,24-22-,27-26-,29-25-,30-28-,35-32-. The Morgan fingerprint density at radius 3 is 1.11 bits per heavy atom. The van der Waals surface area contributed by atoms with Crippen LogP contribution in [0.1, 0.15) is 181 Å². The quantitative estimate of drug-likeness (QED) is 0.0200. The van der Waals surface area contributed by atoms with Crippen LogP contribution in [0.3, 0.4) is 0 Å². The van der Waals surface area contributed by atoms with Crippen molar-refractivity contribution in [1.82, 2.24) is 0 Å². The molecule has 1 atom stereocenters. The van der Waals surface area contributed by atoms with E-state index in [9.17, 15) is 14.4 Å². The summed E-state index contributed by atoms with van der Waals surface area (Å²) < 4.78 is 16.7. The van der Waals surface area contributed by atoms with Crippen molar-refractivity contribution in [1.29, 1.82) is 0 Å². The second kappa shape index (κ2) is 49.2. The summed E-state index contributed by atoms with van der Waals surface area (Å²) >= 11 is 0. The van der Waals surface area contributed by atoms with Crippen LogP contribution in [0.15, 0.2) is 134 Å². The molecule has 0 aliphatic heterocycles. The SMILES string of the molecule is CC\C=C/C=C\C=C/C=C\C=C/CCCCCC(=O)OC(COC(=O)CCCCCCC\C=C/C=C\C=C/C=C\C=C/CCC)COC(=O)CCCCCCC/C=C\CCCC. The highest BCUT2D eigenvalue weighted by molar-refractivity contribution is 5.71. The molecule has 0 bridgehead atoms. The molecule has 0 radical (unpaired) electrons. The lowest BCUT2D eigenvalue weighted by Gasteiger charge is -2.18. The number of rotatable bonds is 41. The minimum absolute atomic E-state index is 0.114. The molecule has 6 nitrogen and oxygen atoms in total. The van der Waals surface area contributed by atoms with Crippen LogP contribution >= 0.6 is 0 Å². The summed E-state index contributed by atoms with van der Waals surface area (Å²) in [4.78, 5) is 37.9. The van der Waals surface area contributed by atoms with E-state index in [0.29, 0.717) is 19.3 Å². The highest BCUT2D eigenvalue weighted by atomic mass is 16.6. The highest BCUT2D eigenvalue weighted by Crippen LogP contribution is 2.12. The number of esters is 3. The lowest BCUT2D eigenvalue weighted by atomic mass is 10.1. The van der Waals surface area contributed by atoms with Gasteiger partial charge in [-0.3, -0.25) is 14.4 Å². The van der Waals surface area contributed by atoms with Crippen molar-refractivity contribution in [3.05, 3.63) is 134 Å². The van der Waals surface area contributed by atoms with Crippen LogP contribution in [-0.4, -0.2) is 37.2 Å². The molecule has 0 saturated carbocycles. The van der Waals surface area contributed by atoms with Gasteiger partial charge in [-0.05, 0) is 77.0 Å². The molecule has 0 aromatic carbocycles. The van der Waals surface area contributed by atoms with Crippen LogP contribution in [0.25, 0.3) is 0 Å². The van der Waals surface area contributed by atoms with Crippen LogP contribution < -0.4 is 0 Å². The van der Waals surface area contributed by atoms with Gasteiger partial charge in [-0.2, -0.15) is 0 Å². The molecule has 62 heavy (non-hydrogen) atoms. The zero-order chi connectivity index (χ0) is 45.1. The molecule has 0 N–H and O–H groups in total. The van der Waals surface area contributed by atoms with E-state index < -0.39 is 6.10 Å². The fraction of sp³-hybridized carbons (Fsp3) is 0.554. The molecular weight excluding hydrogens is 769 g/mol. The first-order valence-corrected chi connectivity index (χ1v) is 24.3. The van der Waals surface area contributed by atoms with E-state index in [1.807, 2.05) is 85.1 Å². The van der Waals surface area contributed by atoms with Crippen molar-refractivity contribution in [2.45, 2.75) is 187 Å². The van der Waals surface area contributed by atoms with E-state index >= 15 is 0 Å². The van der Waals surface area contributed by atoms with Gasteiger partial charge in [0.1, 0.15) is 13.2 Å². The third kappa shape index (κ3) is 46.6. The van der Waals surface area contributed by atoms with Crippen LogP contribution in [0, 0.1) is 0 Å². The lowest BCUT2D eigenvalue weighted by Crippen LogP contribution is -2.30. The molecule has 0 heterocycles. The van der Waals surface area contributed by atoms with Gasteiger partial charge in [-0.25, -0.2) is 0 Å². The summed E-state index contributed by atoms with van der Waals surface area (Å²) in [7, 11) is 0. The number of carbonyl (C=O) groups is 3. The topological polar surface area (TPSA) is 78.9 Å². The molecule has 0 rings (SSSR count). The first kappa shape index (κ1) is 57.5. The van der Waals surface area contributed by atoms with E-state index in [1.165, 1.54) is 32.1 Å². The fourth-order valence-electron chi connectivity index (χ4n) is 5.94. The number of carbonyl (C=O) groups excluding carboxylic acids is 3. The van der Waals surface area contributed by atoms with Crippen molar-refractivity contribution >= 4 is 17.9 Å². The molecule has 0 aromatic heterocycles. The summed E-state index contributed by atoms with van der Waals surface area (Å²) in [6, 6.07) is 0. The van der Waals surface area contributed by atoms with Gasteiger partial charge in [0.2, 0.25) is 0 Å². The van der Waals surface area contributed by atoms with E-state index in [1.54, 1.807) is 0 Å². The summed E-state index contributed by atoms with van der Waals surface area (Å²) in [6.45, 7) is 6.27. The maximum Gasteiger partial charge on any atom is 0.306 e. The van der Waals surface area contributed by atoms with Gasteiger partial charge in [-0.1, -0.05) is 219 Å². The van der Waals surface area contributed by atoms with E-state index in [2.05, 4.69) is 69.4 Å². The van der Waals surface area contributed by atoms with Crippen molar-refractivity contribution in [3.8, 4) is 0 Å². The second-order valence-corrected chi connectivity index (χ2v) is 15.5. The Labute approximate surface area is 379 Å². The third-order valence-corrected chi connectivity index (χ3v) is 9.60. The normalized spacial score (nSPS) is 13.3. The van der Waals surface area contributed by atoms with E-state index in [-0.39, 0.29) is 37.5 Å². The predicted octanol–water partition coefficient (Wildman–Crippen LogP) is 15.9. The van der Waals surface area contributed by atoms with Gasteiger partial charge in [0.15, 0.2) is 6.10 Å². The van der Waals surface area contributed by atoms with Crippen LogP contribution in [-0.2, 0) is 28.6 Å². The Kier molecular flexibility index (Phi) is 45.7. The maximum absolute atomic E-state index is 12.8. The number of unbranched alkanes of at least 4 members (excludes halogenated alkanes) is 16. The van der Waals surface area contributed by atoms with Crippen LogP contribution in [0.2, 0.25) is 0 Å². The van der Waals surface area contributed by atoms with Crippen molar-refractivity contribution in [2.24, 2.45) is 0 Å². The van der Waals surface area contributed by atoms with Crippen molar-refractivity contribution in [3.63, 3.8) is 0 Å². The molecule has 0 amide bonds. The molecular formula is C56H86O6. The van der Waals surface area contributed by atoms with Crippen molar-refractivity contribution < 1.29 is 28.6 Å². The largest absolute Gasteiger partial charge is 0.462 e. The number of allylic oxidation sites excluding steroid dienone is 22. The first-order chi connectivity index (χ1) is 30.5. The van der Waals surface area contributed by atoms with Crippen molar-refractivity contribution in [2.75, 3.05) is 13.2 Å². The van der Waals surface area contributed by atoms with Crippen LogP contribution in [0.4, 0.5) is 0 Å². The maximum atomic E-state index is 12.8. The van der Waals surface area contributed by atoms with Gasteiger partial charge in [0.05, 0.1) is 0 Å². The highest BCUT2D eigenvalue weighted by Gasteiger charge is 2.19. The molecule has 346 valence electrons. The molecule has 6 heteroatoms. The molecule has 0 aromatic rings. The second-order valence-electron chi connectivity index (χ2n) is 15.5. The Morgan fingerprint density at radius 1 is 0.339 bits per heavy atom. The molecule has 0 aliphatic rings. The number of hydrogen-bond donors (Lipinski definition) is 0. The molecule has 1 unspecified atom stereocenters. The minimum Gasteiger partial charge on any atom is -0.462 e. The van der Waals surface area contributed by atoms with Gasteiger partial charge in [0, 0.05) is 19.3 Å². The van der Waals surface area contributed by atoms with E-state index in [4.69, 9.17) is 14.2 Å². The van der Waals surface area contributed by atoms with Gasteiger partial charge >= 0.3 is 17.9 Å².